The summed E-state index contributed by atoms with van der Waals surface area (Å²) in [5.41, 5.74) is -1.55. The highest BCUT2D eigenvalue weighted by Gasteiger charge is 2.37. The smallest absolute Gasteiger partial charge is 0.347 e. The summed E-state index contributed by atoms with van der Waals surface area (Å²) in [6.45, 7) is 0. The van der Waals surface area contributed by atoms with Gasteiger partial charge in [-0.3, -0.25) is 9.78 Å². The summed E-state index contributed by atoms with van der Waals surface area (Å²) in [4.78, 5) is 24.1. The molecule has 1 aromatic rings. The first kappa shape index (κ1) is 11.9. The van der Waals surface area contributed by atoms with Crippen LogP contribution in [-0.2, 0) is 4.74 Å². The Balaban J connectivity index is 2.33. The van der Waals surface area contributed by atoms with E-state index in [0.717, 1.165) is 6.20 Å². The Morgan fingerprint density at radius 1 is 1.35 bits per heavy atom. The van der Waals surface area contributed by atoms with Gasteiger partial charge in [0.05, 0.1) is 0 Å². The average Bonchev–Trinajstić information content (AvgIpc) is 2.24. The lowest BCUT2D eigenvalue weighted by Gasteiger charge is -2.34. The first-order chi connectivity index (χ1) is 7.99. The maximum Gasteiger partial charge on any atom is 0.347 e. The van der Waals surface area contributed by atoms with Crippen LogP contribution in [0.15, 0.2) is 15.8 Å². The lowest BCUT2D eigenvalue weighted by Crippen LogP contribution is -2.49. The molecular weight excluding hydrogens is 234 g/mol. The normalized spacial score (nSPS) is 33.6. The molecule has 0 saturated carbocycles. The maximum atomic E-state index is 11.4. The number of hydrogen-bond acceptors (Lipinski definition) is 7. The van der Waals surface area contributed by atoms with Crippen molar-refractivity contribution in [3.63, 3.8) is 0 Å². The van der Waals surface area contributed by atoms with Crippen molar-refractivity contribution in [2.75, 3.05) is 0 Å². The molecule has 9 nitrogen and oxygen atoms in total. The molecule has 0 spiro atoms. The van der Waals surface area contributed by atoms with Gasteiger partial charge >= 0.3 is 5.69 Å². The zero-order chi connectivity index (χ0) is 12.6. The zero-order valence-corrected chi connectivity index (χ0v) is 8.55. The Morgan fingerprint density at radius 3 is 2.71 bits per heavy atom. The molecule has 0 bridgehead atoms. The summed E-state index contributed by atoms with van der Waals surface area (Å²) in [7, 11) is 0. The van der Waals surface area contributed by atoms with E-state index < -0.39 is 36.0 Å². The molecule has 9 heteroatoms. The van der Waals surface area contributed by atoms with Gasteiger partial charge < -0.3 is 20.1 Å². The van der Waals surface area contributed by atoms with E-state index in [1.165, 1.54) is 0 Å². The lowest BCUT2D eigenvalue weighted by atomic mass is 10.1. The van der Waals surface area contributed by atoms with E-state index in [-0.39, 0.29) is 6.42 Å². The van der Waals surface area contributed by atoms with Gasteiger partial charge in [-0.05, 0) is 0 Å². The number of aliphatic hydroxyl groups excluding tert-OH is 3. The molecule has 1 aliphatic heterocycles. The Kier molecular flexibility index (Phi) is 3.07. The summed E-state index contributed by atoms with van der Waals surface area (Å²) >= 11 is 0. The third kappa shape index (κ3) is 2.26. The fourth-order valence-corrected chi connectivity index (χ4v) is 1.57. The van der Waals surface area contributed by atoms with Crippen LogP contribution in [0.4, 0.5) is 0 Å². The van der Waals surface area contributed by atoms with Crippen LogP contribution in [0, 0.1) is 0 Å². The third-order valence-electron chi connectivity index (χ3n) is 2.40. The number of nitrogens with one attached hydrogen (secondary N) is 1. The largest absolute Gasteiger partial charge is 0.388 e. The van der Waals surface area contributed by atoms with Gasteiger partial charge in [0.2, 0.25) is 0 Å². The monoisotopic (exact) mass is 245 g/mol. The van der Waals surface area contributed by atoms with Gasteiger partial charge in [0.15, 0.2) is 12.5 Å². The fraction of sp³-hybridized carbons (Fsp3) is 0.625. The molecule has 0 aliphatic carbocycles. The maximum absolute atomic E-state index is 11.4. The molecule has 4 N–H and O–H groups in total. The van der Waals surface area contributed by atoms with Crippen LogP contribution >= 0.6 is 0 Å². The van der Waals surface area contributed by atoms with Crippen LogP contribution in [0.25, 0.3) is 0 Å². The van der Waals surface area contributed by atoms with Crippen LogP contribution in [-0.4, -0.2) is 48.6 Å². The Morgan fingerprint density at radius 2 is 2.06 bits per heavy atom. The van der Waals surface area contributed by atoms with Crippen molar-refractivity contribution >= 4 is 0 Å². The quantitative estimate of drug-likeness (QED) is 0.411. The topological polar surface area (TPSA) is 138 Å². The number of aliphatic hydroxyl groups is 3. The van der Waals surface area contributed by atoms with Crippen LogP contribution in [0.3, 0.4) is 0 Å². The van der Waals surface area contributed by atoms with Crippen LogP contribution in [0.5, 0.6) is 0 Å². The van der Waals surface area contributed by atoms with E-state index in [0.29, 0.717) is 4.68 Å². The summed E-state index contributed by atoms with van der Waals surface area (Å²) in [5.74, 6) is 0. The number of H-pyrrole nitrogens is 1. The van der Waals surface area contributed by atoms with Crippen molar-refractivity contribution in [3.8, 4) is 0 Å². The second-order valence-corrected chi connectivity index (χ2v) is 3.67. The van der Waals surface area contributed by atoms with Crippen molar-refractivity contribution in [1.29, 1.82) is 0 Å². The third-order valence-corrected chi connectivity index (χ3v) is 2.40. The molecule has 1 fully saturated rings. The van der Waals surface area contributed by atoms with E-state index in [9.17, 15) is 24.9 Å². The molecule has 0 unspecified atom stereocenters. The molecule has 0 radical (unpaired) electrons. The highest BCUT2D eigenvalue weighted by Crippen LogP contribution is 2.24. The molecule has 0 amide bonds. The predicted octanol–water partition coefficient (Wildman–Crippen LogP) is -3.11. The molecule has 17 heavy (non-hydrogen) atoms. The van der Waals surface area contributed by atoms with Gasteiger partial charge in [-0.25, -0.2) is 4.79 Å². The molecule has 1 aliphatic rings. The molecule has 2 rings (SSSR count). The lowest BCUT2D eigenvalue weighted by molar-refractivity contribution is -0.270. The number of rotatable bonds is 1. The fourth-order valence-electron chi connectivity index (χ4n) is 1.57. The highest BCUT2D eigenvalue weighted by atomic mass is 16.6. The van der Waals surface area contributed by atoms with Crippen LogP contribution < -0.4 is 11.2 Å². The van der Waals surface area contributed by atoms with E-state index in [1.54, 1.807) is 0 Å². The first-order valence-electron chi connectivity index (χ1n) is 4.87. The van der Waals surface area contributed by atoms with Crippen LogP contribution in [0.2, 0.25) is 0 Å². The number of ether oxygens (including phenoxy) is 1. The van der Waals surface area contributed by atoms with Crippen molar-refractivity contribution in [2.24, 2.45) is 0 Å². The van der Waals surface area contributed by atoms with E-state index >= 15 is 0 Å². The number of nitrogens with zero attached hydrogens (tertiary/aromatic N) is 2. The number of aromatic nitrogens is 3. The molecule has 94 valence electrons. The van der Waals surface area contributed by atoms with Crippen molar-refractivity contribution < 1.29 is 20.1 Å². The van der Waals surface area contributed by atoms with Gasteiger partial charge in [-0.2, -0.15) is 9.78 Å². The Labute approximate surface area is 93.9 Å². The van der Waals surface area contributed by atoms with Crippen LogP contribution in [0.1, 0.15) is 12.6 Å². The zero-order valence-electron chi connectivity index (χ0n) is 8.55. The highest BCUT2D eigenvalue weighted by molar-refractivity contribution is 4.80. The molecule has 1 aromatic heterocycles. The van der Waals surface area contributed by atoms with Gasteiger partial charge in [0.1, 0.15) is 18.4 Å². The summed E-state index contributed by atoms with van der Waals surface area (Å²) in [6.07, 6.45) is -4.56. The second kappa shape index (κ2) is 4.37. The summed E-state index contributed by atoms with van der Waals surface area (Å²) in [5, 5.41) is 31.6. The standard InChI is InChI=1S/C8H11N3O6/c12-3-1-4(13)7(15)17-6(3)11-8(16)10-5(14)2-9-11/h2-4,6-7,12-13,15H,1H2,(H,10,14,16)/t3-,4+,6+,7-/m1/s1. The van der Waals surface area contributed by atoms with Crippen molar-refractivity contribution in [3.05, 3.63) is 27.0 Å². The average molecular weight is 245 g/mol. The van der Waals surface area contributed by atoms with E-state index in [4.69, 9.17) is 4.74 Å². The predicted molar refractivity (Wildman–Crippen MR) is 51.9 cm³/mol. The molecule has 2 heterocycles. The minimum absolute atomic E-state index is 0.168. The number of aromatic amines is 1. The Hall–Kier alpha value is -1.55. The molecular formula is C8H11N3O6. The summed E-state index contributed by atoms with van der Waals surface area (Å²) in [6, 6.07) is 0. The minimum atomic E-state index is -1.52. The van der Waals surface area contributed by atoms with Gasteiger partial charge in [-0.1, -0.05) is 0 Å². The minimum Gasteiger partial charge on any atom is -0.388 e. The SMILES string of the molecule is O=c1cnn([C@H]2O[C@@H](O)[C@@H](O)C[C@H]2O)c(=O)[nH]1. The first-order valence-corrected chi connectivity index (χ1v) is 4.87. The van der Waals surface area contributed by atoms with Gasteiger partial charge in [-0.15, -0.1) is 0 Å². The molecule has 1 saturated heterocycles. The van der Waals surface area contributed by atoms with E-state index in [1.807, 2.05) is 4.98 Å². The molecule has 4 atom stereocenters. The van der Waals surface area contributed by atoms with E-state index in [2.05, 4.69) is 5.10 Å². The van der Waals surface area contributed by atoms with Crippen molar-refractivity contribution in [2.45, 2.75) is 31.1 Å². The van der Waals surface area contributed by atoms with Gasteiger partial charge in [0, 0.05) is 6.42 Å². The van der Waals surface area contributed by atoms with Crippen molar-refractivity contribution in [1.82, 2.24) is 14.8 Å². The molecule has 0 aromatic carbocycles. The van der Waals surface area contributed by atoms with Gasteiger partial charge in [0.25, 0.3) is 5.56 Å². The number of hydrogen-bond donors (Lipinski definition) is 4. The summed E-state index contributed by atoms with van der Waals surface area (Å²) < 4.78 is 5.55. The Bertz CT molecular complexity index is 510. The second-order valence-electron chi connectivity index (χ2n) is 3.67.